The highest BCUT2D eigenvalue weighted by atomic mass is 32.2. The lowest BCUT2D eigenvalue weighted by atomic mass is 10.1. The lowest BCUT2D eigenvalue weighted by Crippen LogP contribution is -2.40. The molecular weight excluding hydrogens is 296 g/mol. The molecule has 1 aliphatic heterocycles. The second-order valence-corrected chi connectivity index (χ2v) is 8.14. The molecular formula is C13H22N2O3S2. The van der Waals surface area contributed by atoms with E-state index in [2.05, 4.69) is 10.0 Å². The summed E-state index contributed by atoms with van der Waals surface area (Å²) in [7, 11) is -1.55. The quantitative estimate of drug-likeness (QED) is 0.796. The summed E-state index contributed by atoms with van der Waals surface area (Å²) in [6, 6.07) is 3.37. The number of sulfonamides is 1. The fourth-order valence-corrected chi connectivity index (χ4v) is 4.90. The van der Waals surface area contributed by atoms with Crippen molar-refractivity contribution in [2.45, 2.75) is 42.5 Å². The number of thiophene rings is 1. The summed E-state index contributed by atoms with van der Waals surface area (Å²) < 4.78 is 33.3. The molecule has 1 fully saturated rings. The summed E-state index contributed by atoms with van der Waals surface area (Å²) in [4.78, 5) is 1.07. The molecule has 2 unspecified atom stereocenters. The molecule has 1 saturated heterocycles. The maximum absolute atomic E-state index is 12.3. The Morgan fingerprint density at radius 3 is 2.95 bits per heavy atom. The van der Waals surface area contributed by atoms with E-state index in [9.17, 15) is 8.42 Å². The zero-order valence-electron chi connectivity index (χ0n) is 11.9. The van der Waals surface area contributed by atoms with E-state index in [0.717, 1.165) is 37.3 Å². The minimum atomic E-state index is -3.43. The largest absolute Gasteiger partial charge is 0.377 e. The maximum atomic E-state index is 12.3. The Morgan fingerprint density at radius 2 is 2.30 bits per heavy atom. The molecule has 2 N–H and O–H groups in total. The predicted molar refractivity (Wildman–Crippen MR) is 80.7 cm³/mol. The first-order chi connectivity index (χ1) is 9.53. The standard InChI is InChI=1S/C13H22N2O3S2/c1-10(12-4-3-9-18-12)15-20(16,17)13-6-5-11(19-13)7-8-14-2/h5-6,10,12,14-15H,3-4,7-9H2,1-2H3. The summed E-state index contributed by atoms with van der Waals surface area (Å²) in [6.45, 7) is 3.44. The summed E-state index contributed by atoms with van der Waals surface area (Å²) in [5.41, 5.74) is 0. The Labute approximate surface area is 124 Å². The molecule has 0 aromatic carbocycles. The van der Waals surface area contributed by atoms with E-state index in [0.29, 0.717) is 4.21 Å². The SMILES string of the molecule is CNCCc1ccc(S(=O)(=O)NC(C)C2CCCO2)s1. The third kappa shape index (κ3) is 4.02. The van der Waals surface area contributed by atoms with Crippen molar-refractivity contribution in [1.82, 2.24) is 10.0 Å². The molecule has 0 bridgehead atoms. The van der Waals surface area contributed by atoms with E-state index in [1.54, 1.807) is 6.07 Å². The lowest BCUT2D eigenvalue weighted by molar-refractivity contribution is 0.0902. The molecule has 2 rings (SSSR count). The van der Waals surface area contributed by atoms with E-state index in [-0.39, 0.29) is 12.1 Å². The third-order valence-electron chi connectivity index (χ3n) is 3.39. The van der Waals surface area contributed by atoms with Crippen molar-refractivity contribution in [3.8, 4) is 0 Å². The molecule has 2 atom stereocenters. The highest BCUT2D eigenvalue weighted by Crippen LogP contribution is 2.23. The molecule has 0 spiro atoms. The van der Waals surface area contributed by atoms with E-state index >= 15 is 0 Å². The lowest BCUT2D eigenvalue weighted by Gasteiger charge is -2.19. The molecule has 1 aromatic rings. The van der Waals surface area contributed by atoms with E-state index in [1.165, 1.54) is 11.3 Å². The van der Waals surface area contributed by atoms with Crippen LogP contribution < -0.4 is 10.0 Å². The first-order valence-corrected chi connectivity index (χ1v) is 9.20. The van der Waals surface area contributed by atoms with Gasteiger partial charge in [-0.05, 0) is 51.9 Å². The first kappa shape index (κ1) is 15.9. The topological polar surface area (TPSA) is 67.4 Å². The van der Waals surface area contributed by atoms with Gasteiger partial charge in [-0.1, -0.05) is 0 Å². The van der Waals surface area contributed by atoms with Gasteiger partial charge in [0.05, 0.1) is 6.10 Å². The molecule has 1 aliphatic rings. The van der Waals surface area contributed by atoms with Crippen LogP contribution in [0.4, 0.5) is 0 Å². The molecule has 2 heterocycles. The van der Waals surface area contributed by atoms with Gasteiger partial charge >= 0.3 is 0 Å². The van der Waals surface area contributed by atoms with Crippen LogP contribution in [0.5, 0.6) is 0 Å². The van der Waals surface area contributed by atoms with Crippen LogP contribution in [0, 0.1) is 0 Å². The van der Waals surface area contributed by atoms with Crippen molar-refractivity contribution >= 4 is 21.4 Å². The fourth-order valence-electron chi connectivity index (χ4n) is 2.26. The van der Waals surface area contributed by atoms with Gasteiger partial charge in [0, 0.05) is 17.5 Å². The molecule has 0 amide bonds. The van der Waals surface area contributed by atoms with Gasteiger partial charge in [0.2, 0.25) is 10.0 Å². The van der Waals surface area contributed by atoms with Gasteiger partial charge in [-0.25, -0.2) is 13.1 Å². The van der Waals surface area contributed by atoms with Gasteiger partial charge in [0.1, 0.15) is 4.21 Å². The highest BCUT2D eigenvalue weighted by Gasteiger charge is 2.27. The average Bonchev–Trinajstić information content (AvgIpc) is 3.07. The van der Waals surface area contributed by atoms with Crippen LogP contribution >= 0.6 is 11.3 Å². The van der Waals surface area contributed by atoms with E-state index in [1.807, 2.05) is 20.0 Å². The number of rotatable bonds is 7. The van der Waals surface area contributed by atoms with Crippen LogP contribution in [0.2, 0.25) is 0 Å². The summed E-state index contributed by atoms with van der Waals surface area (Å²) in [5.74, 6) is 0. The molecule has 5 nitrogen and oxygen atoms in total. The molecule has 0 radical (unpaired) electrons. The molecule has 7 heteroatoms. The molecule has 1 aromatic heterocycles. The summed E-state index contributed by atoms with van der Waals surface area (Å²) in [6.07, 6.45) is 2.76. The van der Waals surface area contributed by atoms with Crippen molar-refractivity contribution in [2.75, 3.05) is 20.2 Å². The maximum Gasteiger partial charge on any atom is 0.250 e. The Kier molecular flexibility index (Phi) is 5.57. The van der Waals surface area contributed by atoms with Crippen LogP contribution in [-0.4, -0.2) is 40.8 Å². The van der Waals surface area contributed by atoms with Crippen LogP contribution in [0.15, 0.2) is 16.3 Å². The minimum absolute atomic E-state index is 0.00602. The van der Waals surface area contributed by atoms with Crippen LogP contribution in [-0.2, 0) is 21.2 Å². The Bertz CT molecular complexity index is 521. The predicted octanol–water partition coefficient (Wildman–Crippen LogP) is 1.36. The van der Waals surface area contributed by atoms with Crippen molar-refractivity contribution in [3.05, 3.63) is 17.0 Å². The van der Waals surface area contributed by atoms with Crippen LogP contribution in [0.1, 0.15) is 24.6 Å². The van der Waals surface area contributed by atoms with Crippen LogP contribution in [0.25, 0.3) is 0 Å². The van der Waals surface area contributed by atoms with Gasteiger partial charge in [0.25, 0.3) is 0 Å². The Hall–Kier alpha value is -0.470. The number of hydrogen-bond donors (Lipinski definition) is 2. The fraction of sp³-hybridized carbons (Fsp3) is 0.692. The molecule has 0 aliphatic carbocycles. The smallest absolute Gasteiger partial charge is 0.250 e. The molecule has 114 valence electrons. The van der Waals surface area contributed by atoms with Gasteiger partial charge in [0.15, 0.2) is 0 Å². The van der Waals surface area contributed by atoms with Crippen molar-refractivity contribution in [2.24, 2.45) is 0 Å². The number of likely N-dealkylation sites (N-methyl/N-ethyl adjacent to an activating group) is 1. The monoisotopic (exact) mass is 318 g/mol. The van der Waals surface area contributed by atoms with Crippen molar-refractivity contribution in [1.29, 1.82) is 0 Å². The van der Waals surface area contributed by atoms with Gasteiger partial charge in [-0.2, -0.15) is 0 Å². The normalized spacial score (nSPS) is 21.2. The van der Waals surface area contributed by atoms with Gasteiger partial charge in [-0.3, -0.25) is 0 Å². The molecule has 0 saturated carbocycles. The minimum Gasteiger partial charge on any atom is -0.377 e. The third-order valence-corrected chi connectivity index (χ3v) is 6.58. The highest BCUT2D eigenvalue weighted by molar-refractivity contribution is 7.91. The number of ether oxygens (including phenoxy) is 1. The number of hydrogen-bond acceptors (Lipinski definition) is 5. The van der Waals surface area contributed by atoms with Crippen molar-refractivity contribution < 1.29 is 13.2 Å². The average molecular weight is 318 g/mol. The zero-order valence-corrected chi connectivity index (χ0v) is 13.5. The van der Waals surface area contributed by atoms with Crippen LogP contribution in [0.3, 0.4) is 0 Å². The molecule has 20 heavy (non-hydrogen) atoms. The zero-order chi connectivity index (χ0) is 14.6. The second kappa shape index (κ2) is 7.00. The number of nitrogens with one attached hydrogen (secondary N) is 2. The van der Waals surface area contributed by atoms with Crippen molar-refractivity contribution in [3.63, 3.8) is 0 Å². The second-order valence-electron chi connectivity index (χ2n) is 5.04. The van der Waals surface area contributed by atoms with Gasteiger partial charge in [-0.15, -0.1) is 11.3 Å². The summed E-state index contributed by atoms with van der Waals surface area (Å²) >= 11 is 1.33. The summed E-state index contributed by atoms with van der Waals surface area (Å²) in [5, 5.41) is 3.06. The first-order valence-electron chi connectivity index (χ1n) is 6.90. The van der Waals surface area contributed by atoms with E-state index in [4.69, 9.17) is 4.74 Å². The van der Waals surface area contributed by atoms with Gasteiger partial charge < -0.3 is 10.1 Å². The Balaban J connectivity index is 2.00. The Morgan fingerprint density at radius 1 is 1.50 bits per heavy atom. The van der Waals surface area contributed by atoms with E-state index < -0.39 is 10.0 Å².